The van der Waals surface area contributed by atoms with Crippen molar-refractivity contribution in [3.05, 3.63) is 101 Å². The molecule has 0 bridgehead atoms. The van der Waals surface area contributed by atoms with Crippen molar-refractivity contribution in [3.63, 3.8) is 0 Å². The van der Waals surface area contributed by atoms with Gasteiger partial charge in [-0.1, -0.05) is 35.9 Å². The molecule has 8 heteroatoms. The van der Waals surface area contributed by atoms with Gasteiger partial charge in [0.1, 0.15) is 16.9 Å². The third-order valence-corrected chi connectivity index (χ3v) is 5.80. The summed E-state index contributed by atoms with van der Waals surface area (Å²) >= 11 is 0. The van der Waals surface area contributed by atoms with E-state index >= 15 is 0 Å². The molecule has 3 heterocycles. The zero-order valence-electron chi connectivity index (χ0n) is 19.1. The van der Waals surface area contributed by atoms with Gasteiger partial charge in [0.15, 0.2) is 5.82 Å². The lowest BCUT2D eigenvalue weighted by molar-refractivity contribution is -0.119. The van der Waals surface area contributed by atoms with Crippen LogP contribution in [0, 0.1) is 13.8 Å². The predicted molar refractivity (Wildman–Crippen MR) is 132 cm³/mol. The minimum Gasteiger partial charge on any atom is -0.324 e. The second-order valence-electron chi connectivity index (χ2n) is 8.25. The summed E-state index contributed by atoms with van der Waals surface area (Å²) in [6.45, 7) is 5.44. The Kier molecular flexibility index (Phi) is 5.33. The van der Waals surface area contributed by atoms with Crippen molar-refractivity contribution < 1.29 is 4.79 Å². The van der Waals surface area contributed by atoms with Gasteiger partial charge in [0, 0.05) is 18.1 Å². The molecule has 170 valence electrons. The van der Waals surface area contributed by atoms with E-state index in [-0.39, 0.29) is 11.5 Å². The molecule has 0 aliphatic rings. The molecule has 1 atom stereocenters. The van der Waals surface area contributed by atoms with Crippen LogP contribution in [0.4, 0.5) is 5.69 Å². The zero-order chi connectivity index (χ0) is 23.8. The Morgan fingerprint density at radius 2 is 1.59 bits per heavy atom. The number of nitrogens with zero attached hydrogens (tertiary/aromatic N) is 5. The first kappa shape index (κ1) is 21.4. The Bertz CT molecular complexity index is 1530. The largest absolute Gasteiger partial charge is 0.324 e. The number of carbonyl (C=O) groups is 1. The number of hydrogen-bond donors (Lipinski definition) is 1. The summed E-state index contributed by atoms with van der Waals surface area (Å²) < 4.78 is 4.83. The fourth-order valence-electron chi connectivity index (χ4n) is 3.95. The number of carbonyl (C=O) groups excluding carboxylic acids is 1. The number of fused-ring (bicyclic) bond motifs is 1. The molecule has 0 fully saturated rings. The molecule has 0 radical (unpaired) electrons. The number of benzene rings is 2. The van der Waals surface area contributed by atoms with Gasteiger partial charge in [0.2, 0.25) is 5.91 Å². The first-order valence-electron chi connectivity index (χ1n) is 11.0. The van der Waals surface area contributed by atoms with Gasteiger partial charge in [0.05, 0.1) is 11.4 Å². The van der Waals surface area contributed by atoms with Crippen molar-refractivity contribution >= 4 is 22.5 Å². The molecular formula is C26H24N6O2. The maximum Gasteiger partial charge on any atom is 0.280 e. The van der Waals surface area contributed by atoms with Gasteiger partial charge in [-0.15, -0.1) is 0 Å². The summed E-state index contributed by atoms with van der Waals surface area (Å²) in [6.07, 6.45) is 3.73. The Morgan fingerprint density at radius 3 is 2.26 bits per heavy atom. The molecule has 1 amide bonds. The number of hydrogen-bond acceptors (Lipinski definition) is 4. The molecule has 0 saturated carbocycles. The lowest BCUT2D eigenvalue weighted by Crippen LogP contribution is -2.34. The molecule has 5 aromatic rings. The maximum absolute atomic E-state index is 13.7. The molecule has 0 aliphatic carbocycles. The molecule has 3 aromatic heterocycles. The van der Waals surface area contributed by atoms with Crippen molar-refractivity contribution in [2.24, 2.45) is 0 Å². The molecule has 0 spiro atoms. The highest BCUT2D eigenvalue weighted by atomic mass is 16.2. The highest BCUT2D eigenvalue weighted by molar-refractivity contribution is 5.94. The van der Waals surface area contributed by atoms with Gasteiger partial charge in [-0.3, -0.25) is 9.59 Å². The van der Waals surface area contributed by atoms with E-state index in [1.165, 1.54) is 4.68 Å². The van der Waals surface area contributed by atoms with Crippen LogP contribution in [0.2, 0.25) is 0 Å². The second kappa shape index (κ2) is 8.47. The Hall–Kier alpha value is -4.46. The van der Waals surface area contributed by atoms with E-state index in [4.69, 9.17) is 5.10 Å². The smallest absolute Gasteiger partial charge is 0.280 e. The minimum atomic E-state index is -0.825. The van der Waals surface area contributed by atoms with Gasteiger partial charge >= 0.3 is 0 Å². The summed E-state index contributed by atoms with van der Waals surface area (Å²) in [6, 6.07) is 20.1. The topological polar surface area (TPSA) is 86.7 Å². The molecule has 0 saturated heterocycles. The van der Waals surface area contributed by atoms with Gasteiger partial charge in [-0.2, -0.15) is 10.2 Å². The van der Waals surface area contributed by atoms with E-state index in [0.29, 0.717) is 28.1 Å². The zero-order valence-corrected chi connectivity index (χ0v) is 19.1. The first-order valence-corrected chi connectivity index (χ1v) is 11.0. The van der Waals surface area contributed by atoms with Gasteiger partial charge in [-0.05, 0) is 57.2 Å². The number of anilines is 1. The van der Waals surface area contributed by atoms with Gasteiger partial charge in [0.25, 0.3) is 5.56 Å². The normalized spacial score (nSPS) is 12.1. The standard InChI is InChI=1S/C26H24N6O2/c1-17-11-13-20(14-12-17)27-24(33)19(3)31-26(34)22-23(18(2)28-31)29-32(21-9-5-4-6-10-21)25(22)30-15-7-8-16-30/h4-16,19H,1-3H3,(H,27,33)/t19-/m0/s1. The molecule has 0 unspecified atom stereocenters. The highest BCUT2D eigenvalue weighted by Gasteiger charge is 2.25. The Balaban J connectivity index is 1.66. The lowest BCUT2D eigenvalue weighted by Gasteiger charge is -2.15. The van der Waals surface area contributed by atoms with Crippen LogP contribution in [0.5, 0.6) is 0 Å². The highest BCUT2D eigenvalue weighted by Crippen LogP contribution is 2.25. The van der Waals surface area contributed by atoms with E-state index in [1.54, 1.807) is 18.5 Å². The van der Waals surface area contributed by atoms with E-state index in [0.717, 1.165) is 11.3 Å². The third-order valence-electron chi connectivity index (χ3n) is 5.80. The number of aromatic nitrogens is 5. The van der Waals surface area contributed by atoms with Crippen LogP contribution in [0.3, 0.4) is 0 Å². The summed E-state index contributed by atoms with van der Waals surface area (Å²) in [5.74, 6) is 0.275. The summed E-state index contributed by atoms with van der Waals surface area (Å²) in [5.41, 5.74) is 3.26. The maximum atomic E-state index is 13.7. The van der Waals surface area contributed by atoms with E-state index in [1.807, 2.05) is 90.6 Å². The summed E-state index contributed by atoms with van der Waals surface area (Å²) in [5, 5.41) is 12.5. The number of nitrogens with one attached hydrogen (secondary N) is 1. The number of para-hydroxylation sites is 1. The minimum absolute atomic E-state index is 0.324. The molecule has 8 nitrogen and oxygen atoms in total. The van der Waals surface area contributed by atoms with Crippen LogP contribution >= 0.6 is 0 Å². The molecule has 0 aliphatic heterocycles. The molecule has 2 aromatic carbocycles. The second-order valence-corrected chi connectivity index (χ2v) is 8.25. The van der Waals surface area contributed by atoms with Crippen LogP contribution in [0.1, 0.15) is 24.2 Å². The van der Waals surface area contributed by atoms with Crippen molar-refractivity contribution in [2.45, 2.75) is 26.8 Å². The lowest BCUT2D eigenvalue weighted by atomic mass is 10.2. The number of amides is 1. The average Bonchev–Trinajstić information content (AvgIpc) is 3.51. The monoisotopic (exact) mass is 452 g/mol. The third kappa shape index (κ3) is 3.69. The Morgan fingerprint density at radius 1 is 0.912 bits per heavy atom. The van der Waals surface area contributed by atoms with E-state index < -0.39 is 6.04 Å². The number of rotatable bonds is 5. The van der Waals surface area contributed by atoms with Crippen LogP contribution in [-0.4, -0.2) is 30.0 Å². The van der Waals surface area contributed by atoms with Gasteiger partial charge < -0.3 is 9.88 Å². The summed E-state index contributed by atoms with van der Waals surface area (Å²) in [4.78, 5) is 26.7. The fraction of sp³-hybridized carbons (Fsp3) is 0.154. The van der Waals surface area contributed by atoms with E-state index in [9.17, 15) is 9.59 Å². The SMILES string of the molecule is Cc1ccc(NC(=O)[C@H](C)n2nc(C)c3nn(-c4ccccc4)c(-n4cccc4)c3c2=O)cc1. The average molecular weight is 453 g/mol. The van der Waals surface area contributed by atoms with Crippen LogP contribution < -0.4 is 10.9 Å². The van der Waals surface area contributed by atoms with Crippen molar-refractivity contribution in [1.29, 1.82) is 0 Å². The number of aryl methyl sites for hydroxylation is 2. The van der Waals surface area contributed by atoms with Crippen molar-refractivity contribution in [3.8, 4) is 11.5 Å². The van der Waals surface area contributed by atoms with Crippen molar-refractivity contribution in [1.82, 2.24) is 24.1 Å². The first-order chi connectivity index (χ1) is 16.4. The molecule has 34 heavy (non-hydrogen) atoms. The van der Waals surface area contributed by atoms with Crippen LogP contribution in [0.25, 0.3) is 22.4 Å². The van der Waals surface area contributed by atoms with Crippen LogP contribution in [-0.2, 0) is 4.79 Å². The quantitative estimate of drug-likeness (QED) is 0.433. The fourth-order valence-corrected chi connectivity index (χ4v) is 3.95. The van der Waals surface area contributed by atoms with Crippen molar-refractivity contribution in [2.75, 3.05) is 5.32 Å². The molecule has 1 N–H and O–H groups in total. The van der Waals surface area contributed by atoms with Crippen LogP contribution in [0.15, 0.2) is 83.9 Å². The molecular weight excluding hydrogens is 428 g/mol. The predicted octanol–water partition coefficient (Wildman–Crippen LogP) is 4.19. The molecule has 5 rings (SSSR count). The summed E-state index contributed by atoms with van der Waals surface area (Å²) in [7, 11) is 0. The van der Waals surface area contributed by atoms with E-state index in [2.05, 4.69) is 10.4 Å². The van der Waals surface area contributed by atoms with Gasteiger partial charge in [-0.25, -0.2) is 9.36 Å². The Labute approximate surface area is 196 Å².